The van der Waals surface area contributed by atoms with Gasteiger partial charge in [-0.3, -0.25) is 0 Å². The average molecular weight is 168 g/mol. The summed E-state index contributed by atoms with van der Waals surface area (Å²) in [5.74, 6) is 1.93. The van der Waals surface area contributed by atoms with Crippen molar-refractivity contribution >= 4 is 7.12 Å². The molecule has 68 valence electrons. The standard InChI is InChI=1S/C9H17BO2/c1-6-7-10-11-8(2,3)9(4,5)12-10/h6-7H,1-5H3. The molecule has 1 fully saturated rings. The van der Waals surface area contributed by atoms with Gasteiger partial charge in [0.1, 0.15) is 0 Å². The van der Waals surface area contributed by atoms with Crippen LogP contribution in [0.2, 0.25) is 0 Å². The van der Waals surface area contributed by atoms with Gasteiger partial charge in [-0.05, 0) is 34.6 Å². The Morgan fingerprint density at radius 3 is 1.75 bits per heavy atom. The van der Waals surface area contributed by atoms with E-state index in [4.69, 9.17) is 9.31 Å². The molecule has 2 nitrogen and oxygen atoms in total. The van der Waals surface area contributed by atoms with Crippen molar-refractivity contribution in [3.8, 4) is 0 Å². The number of allylic oxidation sites excluding steroid dienone is 1. The lowest BCUT2D eigenvalue weighted by Crippen LogP contribution is -2.41. The molecule has 1 aliphatic rings. The van der Waals surface area contributed by atoms with Crippen molar-refractivity contribution < 1.29 is 9.31 Å². The van der Waals surface area contributed by atoms with E-state index >= 15 is 0 Å². The molecule has 0 bridgehead atoms. The zero-order valence-corrected chi connectivity index (χ0v) is 8.55. The largest absolute Gasteiger partial charge is 0.486 e. The Kier molecular flexibility index (Phi) is 2.36. The first-order valence-corrected chi connectivity index (χ1v) is 4.37. The lowest BCUT2D eigenvalue weighted by molar-refractivity contribution is 0.00578. The minimum absolute atomic E-state index is 0.181. The molecule has 0 atom stereocenters. The van der Waals surface area contributed by atoms with Crippen LogP contribution < -0.4 is 0 Å². The fourth-order valence-corrected chi connectivity index (χ4v) is 1.12. The summed E-state index contributed by atoms with van der Waals surface area (Å²) in [6.45, 7) is 10.2. The predicted octanol–water partition coefficient (Wildman–Crippen LogP) is 2.19. The highest BCUT2D eigenvalue weighted by molar-refractivity contribution is 6.51. The van der Waals surface area contributed by atoms with Crippen LogP contribution in [-0.4, -0.2) is 18.3 Å². The van der Waals surface area contributed by atoms with E-state index in [9.17, 15) is 0 Å². The van der Waals surface area contributed by atoms with Gasteiger partial charge in [-0.25, -0.2) is 0 Å². The van der Waals surface area contributed by atoms with Gasteiger partial charge in [-0.2, -0.15) is 0 Å². The topological polar surface area (TPSA) is 18.5 Å². The second-order valence-electron chi connectivity index (χ2n) is 4.15. The van der Waals surface area contributed by atoms with E-state index in [0.29, 0.717) is 0 Å². The molecule has 0 amide bonds. The molecule has 0 aromatic heterocycles. The Morgan fingerprint density at radius 2 is 1.42 bits per heavy atom. The van der Waals surface area contributed by atoms with E-state index in [1.807, 2.05) is 19.0 Å². The van der Waals surface area contributed by atoms with E-state index in [1.165, 1.54) is 0 Å². The maximum Gasteiger partial charge on any atom is 0.486 e. The molecule has 12 heavy (non-hydrogen) atoms. The highest BCUT2D eigenvalue weighted by atomic mass is 16.7. The normalized spacial score (nSPS) is 26.9. The van der Waals surface area contributed by atoms with Crippen LogP contribution >= 0.6 is 0 Å². The van der Waals surface area contributed by atoms with Crippen molar-refractivity contribution in [1.29, 1.82) is 0 Å². The van der Waals surface area contributed by atoms with Crippen LogP contribution in [0, 0.1) is 0 Å². The van der Waals surface area contributed by atoms with Crippen LogP contribution in [0.4, 0.5) is 0 Å². The highest BCUT2D eigenvalue weighted by Gasteiger charge is 2.49. The number of hydrogen-bond acceptors (Lipinski definition) is 2. The van der Waals surface area contributed by atoms with Crippen molar-refractivity contribution in [2.45, 2.75) is 45.8 Å². The number of hydrogen-bond donors (Lipinski definition) is 0. The second-order valence-corrected chi connectivity index (χ2v) is 4.15. The first-order chi connectivity index (χ1) is 5.39. The molecule has 0 aromatic carbocycles. The summed E-state index contributed by atoms with van der Waals surface area (Å²) in [6.07, 6.45) is 1.95. The lowest BCUT2D eigenvalue weighted by atomic mass is 9.90. The first kappa shape index (κ1) is 9.81. The van der Waals surface area contributed by atoms with Crippen LogP contribution in [-0.2, 0) is 9.31 Å². The summed E-state index contributed by atoms with van der Waals surface area (Å²) >= 11 is 0. The minimum atomic E-state index is -0.211. The van der Waals surface area contributed by atoms with E-state index in [1.54, 1.807) is 0 Å². The summed E-state index contributed by atoms with van der Waals surface area (Å²) in [7, 11) is -0.181. The van der Waals surface area contributed by atoms with E-state index in [0.717, 1.165) is 0 Å². The van der Waals surface area contributed by atoms with Crippen molar-refractivity contribution in [3.63, 3.8) is 0 Å². The van der Waals surface area contributed by atoms with Crippen molar-refractivity contribution in [2.24, 2.45) is 0 Å². The highest BCUT2D eigenvalue weighted by Crippen LogP contribution is 2.36. The average Bonchev–Trinajstić information content (AvgIpc) is 2.02. The third-order valence-electron chi connectivity index (χ3n) is 2.62. The molecule has 1 heterocycles. The Balaban J connectivity index is 2.74. The van der Waals surface area contributed by atoms with E-state index < -0.39 is 0 Å². The van der Waals surface area contributed by atoms with Crippen molar-refractivity contribution in [1.82, 2.24) is 0 Å². The summed E-state index contributed by atoms with van der Waals surface area (Å²) < 4.78 is 11.4. The van der Waals surface area contributed by atoms with Gasteiger partial charge in [-0.1, -0.05) is 12.1 Å². The van der Waals surface area contributed by atoms with Gasteiger partial charge < -0.3 is 9.31 Å². The van der Waals surface area contributed by atoms with Gasteiger partial charge in [0.15, 0.2) is 0 Å². The van der Waals surface area contributed by atoms with Crippen LogP contribution in [0.5, 0.6) is 0 Å². The zero-order valence-electron chi connectivity index (χ0n) is 8.55. The zero-order chi connectivity index (χ0) is 9.41. The van der Waals surface area contributed by atoms with Gasteiger partial charge in [0.2, 0.25) is 0 Å². The monoisotopic (exact) mass is 168 g/mol. The maximum absolute atomic E-state index is 5.70. The van der Waals surface area contributed by atoms with Crippen LogP contribution in [0.15, 0.2) is 12.1 Å². The summed E-state index contributed by atoms with van der Waals surface area (Å²) in [5, 5.41) is 0. The van der Waals surface area contributed by atoms with Gasteiger partial charge in [0, 0.05) is 0 Å². The Labute approximate surface area is 75.1 Å². The predicted molar refractivity (Wildman–Crippen MR) is 50.9 cm³/mol. The molecular formula is C9H17BO2. The van der Waals surface area contributed by atoms with Gasteiger partial charge in [0.25, 0.3) is 0 Å². The quantitative estimate of drug-likeness (QED) is 0.558. The smallest absolute Gasteiger partial charge is 0.400 e. The van der Waals surface area contributed by atoms with Gasteiger partial charge >= 0.3 is 7.12 Å². The third-order valence-corrected chi connectivity index (χ3v) is 2.62. The van der Waals surface area contributed by atoms with Crippen LogP contribution in [0.25, 0.3) is 0 Å². The molecule has 0 aromatic rings. The lowest BCUT2D eigenvalue weighted by Gasteiger charge is -2.32. The summed E-state index contributed by atoms with van der Waals surface area (Å²) in [5.41, 5.74) is -0.422. The SMILES string of the molecule is CC=CB1OC(C)(C)C(C)(C)O1. The first-order valence-electron chi connectivity index (χ1n) is 4.37. The molecule has 0 spiro atoms. The van der Waals surface area contributed by atoms with Crippen LogP contribution in [0.3, 0.4) is 0 Å². The van der Waals surface area contributed by atoms with E-state index in [-0.39, 0.29) is 18.3 Å². The molecule has 1 saturated heterocycles. The Bertz CT molecular complexity index is 181. The molecule has 0 N–H and O–H groups in total. The Hall–Kier alpha value is -0.275. The van der Waals surface area contributed by atoms with Crippen LogP contribution in [0.1, 0.15) is 34.6 Å². The minimum Gasteiger partial charge on any atom is -0.400 e. The molecule has 3 heteroatoms. The summed E-state index contributed by atoms with van der Waals surface area (Å²) in [6, 6.07) is 0. The molecule has 0 saturated carbocycles. The third kappa shape index (κ3) is 1.57. The molecule has 0 aliphatic carbocycles. The summed E-state index contributed by atoms with van der Waals surface area (Å²) in [4.78, 5) is 0. The maximum atomic E-state index is 5.70. The Morgan fingerprint density at radius 1 is 1.00 bits per heavy atom. The van der Waals surface area contributed by atoms with Gasteiger partial charge in [0.05, 0.1) is 11.2 Å². The fraction of sp³-hybridized carbons (Fsp3) is 0.778. The van der Waals surface area contributed by atoms with Crippen molar-refractivity contribution in [2.75, 3.05) is 0 Å². The molecule has 0 radical (unpaired) electrons. The second kappa shape index (κ2) is 2.89. The molecule has 1 rings (SSSR count). The fourth-order valence-electron chi connectivity index (χ4n) is 1.12. The number of rotatable bonds is 1. The van der Waals surface area contributed by atoms with Crippen molar-refractivity contribution in [3.05, 3.63) is 12.1 Å². The molecule has 0 unspecified atom stereocenters. The van der Waals surface area contributed by atoms with E-state index in [2.05, 4.69) is 27.7 Å². The molecular weight excluding hydrogens is 151 g/mol. The molecule has 1 aliphatic heterocycles. The van der Waals surface area contributed by atoms with Gasteiger partial charge in [-0.15, -0.1) is 0 Å².